The second-order valence-electron chi connectivity index (χ2n) is 3.88. The van der Waals surface area contributed by atoms with E-state index in [2.05, 4.69) is 32.9 Å². The molecule has 1 aromatic rings. The van der Waals surface area contributed by atoms with Crippen molar-refractivity contribution in [3.05, 3.63) is 28.8 Å². The molecule has 0 N–H and O–H groups in total. The molecule has 15 heavy (non-hydrogen) atoms. The lowest BCUT2D eigenvalue weighted by atomic mass is 10.0. The van der Waals surface area contributed by atoms with Crippen molar-refractivity contribution in [2.75, 3.05) is 20.3 Å². The van der Waals surface area contributed by atoms with E-state index in [9.17, 15) is 0 Å². The highest BCUT2D eigenvalue weighted by Crippen LogP contribution is 2.20. The molecule has 2 nitrogen and oxygen atoms in total. The van der Waals surface area contributed by atoms with Crippen molar-refractivity contribution in [1.82, 2.24) is 0 Å². The molecule has 0 saturated carbocycles. The molecule has 0 radical (unpaired) electrons. The smallest absolute Gasteiger partial charge is 0.119 e. The lowest BCUT2D eigenvalue weighted by Crippen LogP contribution is -2.02. The highest BCUT2D eigenvalue weighted by molar-refractivity contribution is 5.40. The van der Waals surface area contributed by atoms with Gasteiger partial charge in [0.25, 0.3) is 0 Å². The number of ether oxygens (including phenoxy) is 2. The Morgan fingerprint density at radius 1 is 1.00 bits per heavy atom. The Kier molecular flexibility index (Phi) is 4.63. The molecule has 0 aliphatic carbocycles. The van der Waals surface area contributed by atoms with Gasteiger partial charge in [0.05, 0.1) is 6.61 Å². The molecule has 0 saturated heterocycles. The minimum Gasteiger partial charge on any atom is -0.493 e. The van der Waals surface area contributed by atoms with Gasteiger partial charge in [0.1, 0.15) is 5.75 Å². The SMILES string of the molecule is COCCCOc1cc(C)c(C)c(C)c1. The fourth-order valence-electron chi connectivity index (χ4n) is 1.47. The minimum atomic E-state index is 0.718. The summed E-state index contributed by atoms with van der Waals surface area (Å²) in [6.07, 6.45) is 0.933. The van der Waals surface area contributed by atoms with Gasteiger partial charge in [0.15, 0.2) is 0 Å². The average molecular weight is 208 g/mol. The Bertz CT molecular complexity index is 295. The molecule has 0 aliphatic heterocycles. The molecule has 0 aliphatic rings. The zero-order chi connectivity index (χ0) is 11.3. The number of methoxy groups -OCH3 is 1. The molecule has 0 heterocycles. The van der Waals surface area contributed by atoms with Crippen LogP contribution < -0.4 is 4.74 Å². The maximum absolute atomic E-state index is 5.64. The predicted molar refractivity (Wildman–Crippen MR) is 62.6 cm³/mol. The summed E-state index contributed by atoms with van der Waals surface area (Å²) in [7, 11) is 1.71. The summed E-state index contributed by atoms with van der Waals surface area (Å²) in [5.41, 5.74) is 3.92. The maximum atomic E-state index is 5.64. The molecule has 0 atom stereocenters. The van der Waals surface area contributed by atoms with Crippen LogP contribution in [-0.2, 0) is 4.74 Å². The van der Waals surface area contributed by atoms with Gasteiger partial charge >= 0.3 is 0 Å². The second kappa shape index (κ2) is 5.76. The van der Waals surface area contributed by atoms with Gasteiger partial charge in [-0.1, -0.05) is 0 Å². The van der Waals surface area contributed by atoms with E-state index in [1.54, 1.807) is 7.11 Å². The summed E-state index contributed by atoms with van der Waals surface area (Å²) < 4.78 is 10.6. The minimum absolute atomic E-state index is 0.718. The summed E-state index contributed by atoms with van der Waals surface area (Å²) in [5, 5.41) is 0. The maximum Gasteiger partial charge on any atom is 0.119 e. The van der Waals surface area contributed by atoms with Crippen LogP contribution in [0.15, 0.2) is 12.1 Å². The third-order valence-electron chi connectivity index (χ3n) is 2.66. The fraction of sp³-hybridized carbons (Fsp3) is 0.538. The number of aryl methyl sites for hydroxylation is 2. The summed E-state index contributed by atoms with van der Waals surface area (Å²) in [5.74, 6) is 0.965. The Morgan fingerprint density at radius 3 is 2.13 bits per heavy atom. The van der Waals surface area contributed by atoms with Crippen molar-refractivity contribution in [3.8, 4) is 5.75 Å². The third-order valence-corrected chi connectivity index (χ3v) is 2.66. The standard InChI is InChI=1S/C13H20O2/c1-10-8-13(9-11(2)12(10)3)15-7-5-6-14-4/h8-9H,5-7H2,1-4H3. The summed E-state index contributed by atoms with van der Waals surface area (Å²) >= 11 is 0. The first-order valence-electron chi connectivity index (χ1n) is 5.34. The van der Waals surface area contributed by atoms with Gasteiger partial charge in [0.2, 0.25) is 0 Å². The first-order chi connectivity index (χ1) is 7.15. The first-order valence-corrected chi connectivity index (χ1v) is 5.34. The average Bonchev–Trinajstić information content (AvgIpc) is 2.21. The van der Waals surface area contributed by atoms with E-state index in [0.29, 0.717) is 0 Å². The topological polar surface area (TPSA) is 18.5 Å². The third kappa shape index (κ3) is 3.56. The van der Waals surface area contributed by atoms with Crippen LogP contribution in [0.25, 0.3) is 0 Å². The molecule has 2 heteroatoms. The molecular formula is C13H20O2. The normalized spacial score (nSPS) is 10.4. The van der Waals surface area contributed by atoms with Crippen LogP contribution in [0.2, 0.25) is 0 Å². The van der Waals surface area contributed by atoms with Crippen LogP contribution in [0.4, 0.5) is 0 Å². The van der Waals surface area contributed by atoms with Crippen LogP contribution in [0.5, 0.6) is 5.75 Å². The van der Waals surface area contributed by atoms with E-state index >= 15 is 0 Å². The molecule has 0 aromatic heterocycles. The highest BCUT2D eigenvalue weighted by Gasteiger charge is 2.01. The fourth-order valence-corrected chi connectivity index (χ4v) is 1.47. The number of hydrogen-bond donors (Lipinski definition) is 0. The van der Waals surface area contributed by atoms with Gasteiger partial charge < -0.3 is 9.47 Å². The van der Waals surface area contributed by atoms with Crippen molar-refractivity contribution in [2.24, 2.45) is 0 Å². The van der Waals surface area contributed by atoms with Gasteiger partial charge in [0, 0.05) is 20.1 Å². The molecule has 0 spiro atoms. The largest absolute Gasteiger partial charge is 0.493 e. The zero-order valence-corrected chi connectivity index (χ0v) is 10.1. The molecule has 0 unspecified atom stereocenters. The molecule has 84 valence electrons. The molecule has 0 amide bonds. The lowest BCUT2D eigenvalue weighted by Gasteiger charge is -2.10. The van der Waals surface area contributed by atoms with Crippen molar-refractivity contribution in [2.45, 2.75) is 27.2 Å². The van der Waals surface area contributed by atoms with Gasteiger partial charge in [-0.2, -0.15) is 0 Å². The molecular weight excluding hydrogens is 188 g/mol. The monoisotopic (exact) mass is 208 g/mol. The van der Waals surface area contributed by atoms with Crippen LogP contribution in [0, 0.1) is 20.8 Å². The Balaban J connectivity index is 2.55. The van der Waals surface area contributed by atoms with Crippen molar-refractivity contribution in [3.63, 3.8) is 0 Å². The Hall–Kier alpha value is -1.02. The Labute approximate surface area is 92.2 Å². The molecule has 1 aromatic carbocycles. The molecule has 1 rings (SSSR count). The quantitative estimate of drug-likeness (QED) is 0.692. The van der Waals surface area contributed by atoms with E-state index in [4.69, 9.17) is 9.47 Å². The second-order valence-corrected chi connectivity index (χ2v) is 3.88. The van der Waals surface area contributed by atoms with Crippen molar-refractivity contribution < 1.29 is 9.47 Å². The van der Waals surface area contributed by atoms with Gasteiger partial charge in [-0.3, -0.25) is 0 Å². The van der Waals surface area contributed by atoms with E-state index in [-0.39, 0.29) is 0 Å². The summed E-state index contributed by atoms with van der Waals surface area (Å²) in [4.78, 5) is 0. The van der Waals surface area contributed by atoms with Crippen LogP contribution in [-0.4, -0.2) is 20.3 Å². The Morgan fingerprint density at radius 2 is 1.60 bits per heavy atom. The van der Waals surface area contributed by atoms with Crippen molar-refractivity contribution in [1.29, 1.82) is 0 Å². The molecule has 0 fully saturated rings. The predicted octanol–water partition coefficient (Wildman–Crippen LogP) is 3.03. The first kappa shape index (κ1) is 12.1. The van der Waals surface area contributed by atoms with Crippen LogP contribution in [0.3, 0.4) is 0 Å². The van der Waals surface area contributed by atoms with Gasteiger partial charge in [-0.25, -0.2) is 0 Å². The zero-order valence-electron chi connectivity index (χ0n) is 10.1. The van der Waals surface area contributed by atoms with Crippen LogP contribution in [0.1, 0.15) is 23.1 Å². The van der Waals surface area contributed by atoms with E-state index in [0.717, 1.165) is 25.4 Å². The number of rotatable bonds is 5. The van der Waals surface area contributed by atoms with E-state index < -0.39 is 0 Å². The van der Waals surface area contributed by atoms with Gasteiger partial charge in [-0.15, -0.1) is 0 Å². The summed E-state index contributed by atoms with van der Waals surface area (Å²) in [6, 6.07) is 4.18. The van der Waals surface area contributed by atoms with E-state index in [1.165, 1.54) is 16.7 Å². The van der Waals surface area contributed by atoms with Crippen LogP contribution >= 0.6 is 0 Å². The highest BCUT2D eigenvalue weighted by atomic mass is 16.5. The number of benzene rings is 1. The lowest BCUT2D eigenvalue weighted by molar-refractivity contribution is 0.172. The molecule has 0 bridgehead atoms. The van der Waals surface area contributed by atoms with Crippen molar-refractivity contribution >= 4 is 0 Å². The number of hydrogen-bond acceptors (Lipinski definition) is 2. The summed E-state index contributed by atoms with van der Waals surface area (Å²) in [6.45, 7) is 7.84. The van der Waals surface area contributed by atoms with E-state index in [1.807, 2.05) is 0 Å². The van der Waals surface area contributed by atoms with Gasteiger partial charge in [-0.05, 0) is 49.6 Å².